The maximum Gasteiger partial charge on any atom is 0.212 e. The second kappa shape index (κ2) is 5.51. The van der Waals surface area contributed by atoms with E-state index in [1.165, 1.54) is 12.8 Å². The normalized spacial score (nSPS) is 17.1. The standard InChI is InChI=1S/C12H21N3O2/c1-9-6-12(15(2)14-9)17-11(8-16-3)7-13-10-4-5-10/h6,10-11,13H,4-5,7-8H2,1-3H3. The first kappa shape index (κ1) is 12.4. The highest BCUT2D eigenvalue weighted by molar-refractivity contribution is 5.14. The molecule has 1 fully saturated rings. The van der Waals surface area contributed by atoms with Gasteiger partial charge in [0.05, 0.1) is 12.3 Å². The molecule has 96 valence electrons. The zero-order chi connectivity index (χ0) is 12.3. The molecule has 1 unspecified atom stereocenters. The lowest BCUT2D eigenvalue weighted by Gasteiger charge is -2.18. The van der Waals surface area contributed by atoms with Crippen molar-refractivity contribution in [1.82, 2.24) is 15.1 Å². The van der Waals surface area contributed by atoms with Crippen LogP contribution in [0.15, 0.2) is 6.07 Å². The number of nitrogens with one attached hydrogen (secondary N) is 1. The van der Waals surface area contributed by atoms with Crippen molar-refractivity contribution in [3.05, 3.63) is 11.8 Å². The first-order valence-electron chi connectivity index (χ1n) is 6.08. The fourth-order valence-corrected chi connectivity index (χ4v) is 1.77. The van der Waals surface area contributed by atoms with Crippen molar-refractivity contribution in [3.63, 3.8) is 0 Å². The number of methoxy groups -OCH3 is 1. The lowest BCUT2D eigenvalue weighted by atomic mass is 10.3. The molecule has 1 aromatic rings. The van der Waals surface area contributed by atoms with Gasteiger partial charge in [0.15, 0.2) is 0 Å². The van der Waals surface area contributed by atoms with E-state index in [4.69, 9.17) is 9.47 Å². The summed E-state index contributed by atoms with van der Waals surface area (Å²) in [5.74, 6) is 0.794. The van der Waals surface area contributed by atoms with Crippen LogP contribution in [0, 0.1) is 6.92 Å². The summed E-state index contributed by atoms with van der Waals surface area (Å²) in [5.41, 5.74) is 0.966. The van der Waals surface area contributed by atoms with E-state index in [1.807, 2.05) is 20.0 Å². The van der Waals surface area contributed by atoms with Crippen molar-refractivity contribution < 1.29 is 9.47 Å². The molecule has 5 nitrogen and oxygen atoms in total. The van der Waals surface area contributed by atoms with Crippen molar-refractivity contribution in [1.29, 1.82) is 0 Å². The maximum atomic E-state index is 5.90. The monoisotopic (exact) mass is 239 g/mol. The Morgan fingerprint density at radius 2 is 2.35 bits per heavy atom. The summed E-state index contributed by atoms with van der Waals surface area (Å²) in [4.78, 5) is 0. The summed E-state index contributed by atoms with van der Waals surface area (Å²) in [7, 11) is 3.59. The molecule has 1 heterocycles. The number of hydrogen-bond acceptors (Lipinski definition) is 4. The molecule has 0 aliphatic heterocycles. The van der Waals surface area contributed by atoms with Gasteiger partial charge in [-0.3, -0.25) is 0 Å². The van der Waals surface area contributed by atoms with Gasteiger partial charge >= 0.3 is 0 Å². The second-order valence-electron chi connectivity index (χ2n) is 4.63. The third-order valence-electron chi connectivity index (χ3n) is 2.81. The van der Waals surface area contributed by atoms with Gasteiger partial charge in [0, 0.05) is 32.8 Å². The van der Waals surface area contributed by atoms with Crippen LogP contribution in [0.4, 0.5) is 0 Å². The lowest BCUT2D eigenvalue weighted by molar-refractivity contribution is 0.0744. The molecule has 5 heteroatoms. The van der Waals surface area contributed by atoms with Crippen LogP contribution in [0.25, 0.3) is 0 Å². The van der Waals surface area contributed by atoms with Gasteiger partial charge in [-0.1, -0.05) is 0 Å². The minimum Gasteiger partial charge on any atom is -0.471 e. The summed E-state index contributed by atoms with van der Waals surface area (Å²) < 4.78 is 12.8. The molecule has 0 radical (unpaired) electrons. The summed E-state index contributed by atoms with van der Waals surface area (Å²) in [6.07, 6.45) is 2.60. The minimum absolute atomic E-state index is 0.0374. The highest BCUT2D eigenvalue weighted by Gasteiger charge is 2.23. The van der Waals surface area contributed by atoms with E-state index >= 15 is 0 Å². The minimum atomic E-state index is 0.0374. The van der Waals surface area contributed by atoms with Gasteiger partial charge in [0.1, 0.15) is 6.10 Å². The molecular formula is C12H21N3O2. The number of aryl methyl sites for hydroxylation is 2. The summed E-state index contributed by atoms with van der Waals surface area (Å²) >= 11 is 0. The molecule has 0 saturated heterocycles. The fraction of sp³-hybridized carbons (Fsp3) is 0.750. The van der Waals surface area contributed by atoms with Crippen LogP contribution in [0.2, 0.25) is 0 Å². The molecule has 1 aliphatic rings. The Kier molecular flexibility index (Phi) is 4.02. The van der Waals surface area contributed by atoms with E-state index in [0.717, 1.165) is 18.1 Å². The molecule has 0 amide bonds. The Balaban J connectivity index is 1.88. The van der Waals surface area contributed by atoms with Gasteiger partial charge in [-0.05, 0) is 19.8 Å². The number of aromatic nitrogens is 2. The molecule has 0 bridgehead atoms. The first-order valence-corrected chi connectivity index (χ1v) is 6.08. The van der Waals surface area contributed by atoms with Gasteiger partial charge in [0.2, 0.25) is 5.88 Å². The predicted molar refractivity (Wildman–Crippen MR) is 65.3 cm³/mol. The quantitative estimate of drug-likeness (QED) is 0.767. The van der Waals surface area contributed by atoms with Crippen LogP contribution < -0.4 is 10.1 Å². The third-order valence-corrected chi connectivity index (χ3v) is 2.81. The van der Waals surface area contributed by atoms with Crippen LogP contribution in [0.5, 0.6) is 5.88 Å². The highest BCUT2D eigenvalue weighted by atomic mass is 16.5. The maximum absolute atomic E-state index is 5.90. The lowest BCUT2D eigenvalue weighted by Crippen LogP contribution is -2.36. The van der Waals surface area contributed by atoms with E-state index < -0.39 is 0 Å². The van der Waals surface area contributed by atoms with Crippen LogP contribution in [-0.4, -0.2) is 42.2 Å². The summed E-state index contributed by atoms with van der Waals surface area (Å²) in [6, 6.07) is 2.63. The molecule has 1 atom stereocenters. The number of ether oxygens (including phenoxy) is 2. The molecule has 17 heavy (non-hydrogen) atoms. The average molecular weight is 239 g/mol. The largest absolute Gasteiger partial charge is 0.471 e. The Bertz CT molecular complexity index is 361. The SMILES string of the molecule is COCC(CNC1CC1)Oc1cc(C)nn1C. The predicted octanol–water partition coefficient (Wildman–Crippen LogP) is 0.874. The fourth-order valence-electron chi connectivity index (χ4n) is 1.77. The second-order valence-corrected chi connectivity index (χ2v) is 4.63. The first-order chi connectivity index (χ1) is 8.19. The molecule has 0 aromatic carbocycles. The number of nitrogens with zero attached hydrogens (tertiary/aromatic N) is 2. The van der Waals surface area contributed by atoms with E-state index in [9.17, 15) is 0 Å². The molecule has 1 N–H and O–H groups in total. The van der Waals surface area contributed by atoms with Crippen LogP contribution in [0.3, 0.4) is 0 Å². The van der Waals surface area contributed by atoms with E-state index in [2.05, 4.69) is 10.4 Å². The van der Waals surface area contributed by atoms with Gasteiger partial charge in [0.25, 0.3) is 0 Å². The Hall–Kier alpha value is -1.07. The molecular weight excluding hydrogens is 218 g/mol. The summed E-state index contributed by atoms with van der Waals surface area (Å²) in [6.45, 7) is 3.37. The zero-order valence-electron chi connectivity index (χ0n) is 10.8. The molecule has 1 aromatic heterocycles. The molecule has 0 spiro atoms. The number of rotatable bonds is 7. The number of hydrogen-bond donors (Lipinski definition) is 1. The topological polar surface area (TPSA) is 48.3 Å². The van der Waals surface area contributed by atoms with Crippen molar-refractivity contribution in [3.8, 4) is 5.88 Å². The van der Waals surface area contributed by atoms with Crippen LogP contribution >= 0.6 is 0 Å². The van der Waals surface area contributed by atoms with Crippen molar-refractivity contribution in [2.24, 2.45) is 7.05 Å². The van der Waals surface area contributed by atoms with E-state index in [0.29, 0.717) is 12.6 Å². The van der Waals surface area contributed by atoms with E-state index in [-0.39, 0.29) is 6.10 Å². The van der Waals surface area contributed by atoms with Crippen LogP contribution in [0.1, 0.15) is 18.5 Å². The third kappa shape index (κ3) is 3.71. The molecule has 2 rings (SSSR count). The smallest absolute Gasteiger partial charge is 0.212 e. The van der Waals surface area contributed by atoms with Crippen LogP contribution in [-0.2, 0) is 11.8 Å². The molecule has 1 saturated carbocycles. The molecule has 1 aliphatic carbocycles. The van der Waals surface area contributed by atoms with Crippen molar-refractivity contribution in [2.45, 2.75) is 31.9 Å². The van der Waals surface area contributed by atoms with Crippen molar-refractivity contribution in [2.75, 3.05) is 20.3 Å². The Morgan fingerprint density at radius 3 is 2.88 bits per heavy atom. The van der Waals surface area contributed by atoms with Gasteiger partial charge in [-0.25, -0.2) is 4.68 Å². The summed E-state index contributed by atoms with van der Waals surface area (Å²) in [5, 5.41) is 7.72. The average Bonchev–Trinajstić information content (AvgIpc) is 3.03. The van der Waals surface area contributed by atoms with Gasteiger partial charge < -0.3 is 14.8 Å². The van der Waals surface area contributed by atoms with E-state index in [1.54, 1.807) is 11.8 Å². The Morgan fingerprint density at radius 1 is 1.59 bits per heavy atom. The Labute approximate surface area is 102 Å². The van der Waals surface area contributed by atoms with Gasteiger partial charge in [-0.2, -0.15) is 5.10 Å². The van der Waals surface area contributed by atoms with Crippen molar-refractivity contribution >= 4 is 0 Å². The zero-order valence-corrected chi connectivity index (χ0v) is 10.8. The highest BCUT2D eigenvalue weighted by Crippen LogP contribution is 2.19. The van der Waals surface area contributed by atoms with Gasteiger partial charge in [-0.15, -0.1) is 0 Å².